The zero-order chi connectivity index (χ0) is 21.1. The van der Waals surface area contributed by atoms with Crippen LogP contribution in [-0.4, -0.2) is 34.9 Å². The largest absolute Gasteiger partial charge is 0.368 e. The third-order valence-electron chi connectivity index (χ3n) is 4.21. The number of fused-ring (bicyclic) bond motifs is 1. The van der Waals surface area contributed by atoms with Crippen LogP contribution in [0.15, 0.2) is 65.6 Å². The Labute approximate surface area is 174 Å². The summed E-state index contributed by atoms with van der Waals surface area (Å²) in [5, 5.41) is 17.1. The van der Waals surface area contributed by atoms with E-state index in [1.165, 1.54) is 12.1 Å². The van der Waals surface area contributed by atoms with Gasteiger partial charge in [-0.25, -0.2) is 13.4 Å². The van der Waals surface area contributed by atoms with Gasteiger partial charge in [0.05, 0.1) is 10.6 Å². The highest BCUT2D eigenvalue weighted by atomic mass is 32.2. The molecule has 0 aliphatic rings. The van der Waals surface area contributed by atoms with Gasteiger partial charge in [-0.1, -0.05) is 18.2 Å². The number of pyridine rings is 1. The fourth-order valence-corrected chi connectivity index (χ4v) is 3.96. The van der Waals surface area contributed by atoms with Crippen LogP contribution in [0.25, 0.3) is 11.0 Å². The molecule has 0 unspecified atom stereocenters. The lowest BCUT2D eigenvalue weighted by atomic mass is 10.2. The van der Waals surface area contributed by atoms with Crippen molar-refractivity contribution in [2.24, 2.45) is 0 Å². The van der Waals surface area contributed by atoms with Crippen molar-refractivity contribution < 1.29 is 8.42 Å². The average molecular weight is 424 g/mol. The van der Waals surface area contributed by atoms with Crippen molar-refractivity contribution in [3.8, 4) is 0 Å². The van der Waals surface area contributed by atoms with E-state index in [9.17, 15) is 8.42 Å². The van der Waals surface area contributed by atoms with Crippen LogP contribution in [0.4, 0.5) is 23.0 Å². The monoisotopic (exact) mass is 423 g/mol. The maximum absolute atomic E-state index is 12.8. The molecule has 2 aromatic carbocycles. The fourth-order valence-electron chi connectivity index (χ4n) is 2.87. The number of benzene rings is 2. The van der Waals surface area contributed by atoms with Gasteiger partial charge in [0.15, 0.2) is 5.82 Å². The molecule has 0 aliphatic heterocycles. The molecule has 4 aromatic rings. The third kappa shape index (κ3) is 4.33. The first-order valence-corrected chi connectivity index (χ1v) is 10.8. The van der Waals surface area contributed by atoms with Crippen LogP contribution in [0.3, 0.4) is 0 Å². The Morgan fingerprint density at radius 1 is 0.933 bits per heavy atom. The number of anilines is 4. The number of aromatic nitrogens is 4. The number of rotatable bonds is 7. The summed E-state index contributed by atoms with van der Waals surface area (Å²) in [5.41, 5.74) is 2.44. The molecule has 0 saturated carbocycles. The minimum Gasteiger partial charge on any atom is -0.368 e. The van der Waals surface area contributed by atoms with Crippen molar-refractivity contribution in [1.29, 1.82) is 0 Å². The van der Waals surface area contributed by atoms with Crippen molar-refractivity contribution in [2.75, 3.05) is 15.4 Å². The second-order valence-electron chi connectivity index (χ2n) is 6.96. The van der Waals surface area contributed by atoms with Crippen LogP contribution in [0.2, 0.25) is 0 Å². The number of hydrogen-bond donors (Lipinski definition) is 4. The first-order valence-electron chi connectivity index (χ1n) is 9.34. The summed E-state index contributed by atoms with van der Waals surface area (Å²) in [6.07, 6.45) is 0. The second-order valence-corrected chi connectivity index (χ2v) is 8.64. The van der Waals surface area contributed by atoms with E-state index in [-0.39, 0.29) is 10.9 Å². The maximum atomic E-state index is 12.8. The number of sulfonamides is 1. The van der Waals surface area contributed by atoms with Crippen LogP contribution in [0, 0.1) is 0 Å². The van der Waals surface area contributed by atoms with E-state index in [0.717, 1.165) is 5.52 Å². The maximum Gasteiger partial charge on any atom is 0.262 e. The smallest absolute Gasteiger partial charge is 0.262 e. The zero-order valence-corrected chi connectivity index (χ0v) is 17.2. The summed E-state index contributed by atoms with van der Waals surface area (Å²) >= 11 is 0. The lowest BCUT2D eigenvalue weighted by Crippen LogP contribution is -2.16. The number of aromatic amines is 1. The Bertz CT molecular complexity index is 1270. The van der Waals surface area contributed by atoms with Gasteiger partial charge in [0.25, 0.3) is 10.0 Å². The molecule has 0 saturated heterocycles. The van der Waals surface area contributed by atoms with Crippen molar-refractivity contribution in [3.63, 3.8) is 0 Å². The molecule has 4 rings (SSSR count). The molecule has 9 nitrogen and oxygen atoms in total. The lowest BCUT2D eigenvalue weighted by molar-refractivity contribution is 0.601. The van der Waals surface area contributed by atoms with Gasteiger partial charge in [0.1, 0.15) is 16.9 Å². The molecule has 30 heavy (non-hydrogen) atoms. The molecule has 0 atom stereocenters. The van der Waals surface area contributed by atoms with Crippen molar-refractivity contribution in [3.05, 3.63) is 60.7 Å². The van der Waals surface area contributed by atoms with Gasteiger partial charge in [-0.05, 0) is 56.3 Å². The van der Waals surface area contributed by atoms with Gasteiger partial charge in [-0.15, -0.1) is 0 Å². The molecule has 0 amide bonds. The quantitative estimate of drug-likeness (QED) is 0.357. The van der Waals surface area contributed by atoms with E-state index in [0.29, 0.717) is 28.5 Å². The first-order chi connectivity index (χ1) is 14.4. The summed E-state index contributed by atoms with van der Waals surface area (Å²) in [4.78, 5) is 4.73. The molecule has 2 heterocycles. The molecular weight excluding hydrogens is 402 g/mol. The summed E-state index contributed by atoms with van der Waals surface area (Å²) in [7, 11) is -3.77. The summed E-state index contributed by atoms with van der Waals surface area (Å²) in [5.74, 6) is 0.987. The molecule has 0 bridgehead atoms. The molecule has 0 aliphatic carbocycles. The van der Waals surface area contributed by atoms with Gasteiger partial charge in [0, 0.05) is 11.7 Å². The standard InChI is InChI=1S/C20H21N7O2S/c1-13(2)21-19-11-10-17(26-30(28,29)15-6-4-3-5-7-15)20(23-19)22-14-8-9-16-18(12-14)25-27-24-16/h3-13,26H,1-2H3,(H2,21,22,23)(H,24,25,27). The second kappa shape index (κ2) is 7.99. The van der Waals surface area contributed by atoms with Gasteiger partial charge in [-0.3, -0.25) is 4.72 Å². The average Bonchev–Trinajstić information content (AvgIpc) is 3.18. The number of H-pyrrole nitrogens is 1. The molecule has 10 heteroatoms. The molecule has 4 N–H and O–H groups in total. The van der Waals surface area contributed by atoms with E-state index in [2.05, 4.69) is 35.8 Å². The first kappa shape index (κ1) is 19.6. The summed E-state index contributed by atoms with van der Waals surface area (Å²) in [6, 6.07) is 17.2. The van der Waals surface area contributed by atoms with Crippen molar-refractivity contribution in [1.82, 2.24) is 20.4 Å². The fraction of sp³-hybridized carbons (Fsp3) is 0.150. The van der Waals surface area contributed by atoms with E-state index in [1.807, 2.05) is 26.0 Å². The SMILES string of the molecule is CC(C)Nc1ccc(NS(=O)(=O)c2ccccc2)c(Nc2ccc3n[nH]nc3c2)n1. The highest BCUT2D eigenvalue weighted by molar-refractivity contribution is 7.92. The van der Waals surface area contributed by atoms with Gasteiger partial charge >= 0.3 is 0 Å². The predicted octanol–water partition coefficient (Wildman–Crippen LogP) is 3.72. The van der Waals surface area contributed by atoms with Crippen LogP contribution >= 0.6 is 0 Å². The van der Waals surface area contributed by atoms with Crippen LogP contribution in [-0.2, 0) is 10.0 Å². The van der Waals surface area contributed by atoms with Gasteiger partial charge in [-0.2, -0.15) is 15.4 Å². The van der Waals surface area contributed by atoms with E-state index in [4.69, 9.17) is 0 Å². The summed E-state index contributed by atoms with van der Waals surface area (Å²) < 4.78 is 28.2. The topological polar surface area (TPSA) is 125 Å². The molecular formula is C20H21N7O2S. The summed E-state index contributed by atoms with van der Waals surface area (Å²) in [6.45, 7) is 4.00. The Balaban J connectivity index is 1.70. The highest BCUT2D eigenvalue weighted by Gasteiger charge is 2.17. The normalized spacial score (nSPS) is 11.6. The van der Waals surface area contributed by atoms with Crippen LogP contribution < -0.4 is 15.4 Å². The highest BCUT2D eigenvalue weighted by Crippen LogP contribution is 2.29. The number of hydrogen-bond acceptors (Lipinski definition) is 7. The number of nitrogens with zero attached hydrogens (tertiary/aromatic N) is 3. The van der Waals surface area contributed by atoms with E-state index >= 15 is 0 Å². The minimum absolute atomic E-state index is 0.170. The lowest BCUT2D eigenvalue weighted by Gasteiger charge is -2.16. The minimum atomic E-state index is -3.77. The van der Waals surface area contributed by atoms with Crippen LogP contribution in [0.5, 0.6) is 0 Å². The predicted molar refractivity (Wildman–Crippen MR) is 117 cm³/mol. The van der Waals surface area contributed by atoms with Crippen molar-refractivity contribution in [2.45, 2.75) is 24.8 Å². The van der Waals surface area contributed by atoms with E-state index < -0.39 is 10.0 Å². The third-order valence-corrected chi connectivity index (χ3v) is 5.59. The van der Waals surface area contributed by atoms with Gasteiger partial charge < -0.3 is 10.6 Å². The molecule has 0 radical (unpaired) electrons. The molecule has 0 spiro atoms. The Morgan fingerprint density at radius 3 is 2.47 bits per heavy atom. The zero-order valence-electron chi connectivity index (χ0n) is 16.4. The Morgan fingerprint density at radius 2 is 1.70 bits per heavy atom. The molecule has 2 aromatic heterocycles. The number of nitrogens with one attached hydrogen (secondary N) is 4. The molecule has 0 fully saturated rings. The molecule has 154 valence electrons. The van der Waals surface area contributed by atoms with Gasteiger partial charge in [0.2, 0.25) is 0 Å². The Kier molecular flexibility index (Phi) is 5.23. The van der Waals surface area contributed by atoms with E-state index in [1.54, 1.807) is 36.4 Å². The van der Waals surface area contributed by atoms with Crippen LogP contribution in [0.1, 0.15) is 13.8 Å². The van der Waals surface area contributed by atoms with Crippen molar-refractivity contribution >= 4 is 44.1 Å². The Hall–Kier alpha value is -3.66.